The van der Waals surface area contributed by atoms with Crippen molar-refractivity contribution in [3.63, 3.8) is 0 Å². The summed E-state index contributed by atoms with van der Waals surface area (Å²) < 4.78 is 0. The summed E-state index contributed by atoms with van der Waals surface area (Å²) in [5, 5.41) is 31.1. The van der Waals surface area contributed by atoms with Crippen LogP contribution in [0.5, 0.6) is 0 Å². The van der Waals surface area contributed by atoms with E-state index in [0.29, 0.717) is 12.2 Å². The van der Waals surface area contributed by atoms with Gasteiger partial charge in [-0.2, -0.15) is 0 Å². The third-order valence-corrected chi connectivity index (χ3v) is 0.908. The van der Waals surface area contributed by atoms with E-state index in [2.05, 4.69) is 13.2 Å². The summed E-state index contributed by atoms with van der Waals surface area (Å²) in [7, 11) is 0. The average Bonchev–Trinajstić information content (AvgIpc) is 2.27. The molecule has 0 fully saturated rings. The van der Waals surface area contributed by atoms with Gasteiger partial charge in [0.05, 0.1) is 0 Å². The van der Waals surface area contributed by atoms with Crippen LogP contribution in [0.4, 0.5) is 0 Å². The lowest BCUT2D eigenvalue weighted by Crippen LogP contribution is -1.92. The Morgan fingerprint density at radius 3 is 1.11 bits per heavy atom. The van der Waals surface area contributed by atoms with E-state index in [1.165, 1.54) is 6.92 Å². The van der Waals surface area contributed by atoms with Crippen molar-refractivity contribution >= 4 is 23.9 Å². The first-order valence-corrected chi connectivity index (χ1v) is 4.42. The van der Waals surface area contributed by atoms with Gasteiger partial charge in [-0.1, -0.05) is 13.2 Å². The highest BCUT2D eigenvalue weighted by molar-refractivity contribution is 5.89. The first-order valence-electron chi connectivity index (χ1n) is 4.42. The molecule has 0 rings (SSSR count). The third kappa shape index (κ3) is 39.5. The van der Waals surface area contributed by atoms with Gasteiger partial charge < -0.3 is 20.4 Å². The van der Waals surface area contributed by atoms with E-state index in [1.54, 1.807) is 0 Å². The minimum atomic E-state index is -1.26. The fourth-order valence-corrected chi connectivity index (χ4v) is 0.143. The summed E-state index contributed by atoms with van der Waals surface area (Å²) in [6.07, 6.45) is 1.95. The highest BCUT2D eigenvalue weighted by Gasteiger charge is 1.90. The second kappa shape index (κ2) is 13.2. The lowest BCUT2D eigenvalue weighted by Gasteiger charge is -1.79. The molecule has 0 saturated heterocycles. The van der Waals surface area contributed by atoms with E-state index in [4.69, 9.17) is 20.4 Å². The molecule has 8 nitrogen and oxygen atoms in total. The van der Waals surface area contributed by atoms with Crippen molar-refractivity contribution in [3.8, 4) is 0 Å². The van der Waals surface area contributed by atoms with Gasteiger partial charge in [0.1, 0.15) is 0 Å². The summed E-state index contributed by atoms with van der Waals surface area (Å²) in [5.74, 6) is -4.43. The predicted molar refractivity (Wildman–Crippen MR) is 64.7 cm³/mol. The molecule has 0 aromatic rings. The van der Waals surface area contributed by atoms with E-state index in [9.17, 15) is 19.2 Å². The molecule has 0 amide bonds. The van der Waals surface area contributed by atoms with Crippen molar-refractivity contribution in [2.75, 3.05) is 0 Å². The van der Waals surface area contributed by atoms with Crippen LogP contribution in [0, 0.1) is 0 Å². The average molecular weight is 274 g/mol. The summed E-state index contributed by atoms with van der Waals surface area (Å²) in [6.45, 7) is 7.56. The van der Waals surface area contributed by atoms with Gasteiger partial charge in [0.2, 0.25) is 0 Å². The molecule has 19 heavy (non-hydrogen) atoms. The molecule has 0 bridgehead atoms. The van der Waals surface area contributed by atoms with E-state index in [0.717, 1.165) is 6.08 Å². The Labute approximate surface area is 108 Å². The second-order valence-electron chi connectivity index (χ2n) is 2.64. The van der Waals surface area contributed by atoms with Crippen molar-refractivity contribution < 1.29 is 39.6 Å². The van der Waals surface area contributed by atoms with Crippen molar-refractivity contribution in [2.24, 2.45) is 0 Å². The molecule has 0 aromatic heterocycles. The van der Waals surface area contributed by atoms with Crippen molar-refractivity contribution in [3.05, 3.63) is 37.0 Å². The first-order chi connectivity index (χ1) is 8.54. The molecule has 0 aliphatic rings. The van der Waals surface area contributed by atoms with Gasteiger partial charge in [-0.15, -0.1) is 0 Å². The predicted octanol–water partition coefficient (Wildman–Crippen LogP) is 0.616. The van der Waals surface area contributed by atoms with Gasteiger partial charge >= 0.3 is 23.9 Å². The largest absolute Gasteiger partial charge is 0.478 e. The molecule has 0 unspecified atom stereocenters. The Morgan fingerprint density at radius 1 is 0.842 bits per heavy atom. The Balaban J connectivity index is -0.000000209. The van der Waals surface area contributed by atoms with Crippen LogP contribution in [-0.4, -0.2) is 44.3 Å². The normalized spacial score (nSPS) is 8.05. The Kier molecular flexibility index (Phi) is 14.8. The topological polar surface area (TPSA) is 149 Å². The zero-order valence-electron chi connectivity index (χ0n) is 10.1. The molecule has 106 valence electrons. The number of carboxylic acid groups (broad SMARTS) is 4. The van der Waals surface area contributed by atoms with Crippen LogP contribution in [0.25, 0.3) is 0 Å². The number of hydrogen-bond donors (Lipinski definition) is 4. The van der Waals surface area contributed by atoms with E-state index in [-0.39, 0.29) is 5.57 Å². The Morgan fingerprint density at radius 2 is 1.05 bits per heavy atom. The molecule has 4 N–H and O–H groups in total. The maximum Gasteiger partial charge on any atom is 0.330 e. The van der Waals surface area contributed by atoms with Crippen LogP contribution in [0.1, 0.15) is 6.92 Å². The molecule has 8 heteroatoms. The summed E-state index contributed by atoms with van der Waals surface area (Å²) in [4.78, 5) is 38.0. The van der Waals surface area contributed by atoms with E-state index < -0.39 is 23.9 Å². The monoisotopic (exact) mass is 274 g/mol. The summed E-state index contributed by atoms with van der Waals surface area (Å²) in [6, 6.07) is 0. The van der Waals surface area contributed by atoms with Gasteiger partial charge in [0.15, 0.2) is 0 Å². The molecule has 0 spiro atoms. The molecule has 0 radical (unpaired) electrons. The maximum absolute atomic E-state index is 9.60. The Hall–Kier alpha value is -2.90. The zero-order chi connectivity index (χ0) is 16.0. The lowest BCUT2D eigenvalue weighted by molar-refractivity contribution is -0.134. The highest BCUT2D eigenvalue weighted by atomic mass is 16.4. The molecule has 0 aliphatic heterocycles. The molecular weight excluding hydrogens is 260 g/mol. The fourth-order valence-electron chi connectivity index (χ4n) is 0.143. The van der Waals surface area contributed by atoms with Gasteiger partial charge in [0.25, 0.3) is 0 Å². The maximum atomic E-state index is 9.60. The standard InChI is InChI=1S/C4H4O4.C4H6O2.C3H4O2/c5-3(6)1-2-4(7)8;1-3(2)4(5)6;1-2-3(4)5/h1-2H,(H,5,6)(H,7,8);1H2,2H3,(H,5,6);2H,1H2,(H,4,5)/b2-1-;;. The van der Waals surface area contributed by atoms with Gasteiger partial charge in [0, 0.05) is 23.8 Å². The lowest BCUT2D eigenvalue weighted by atomic mass is 10.4. The van der Waals surface area contributed by atoms with E-state index >= 15 is 0 Å². The molecule has 0 aromatic carbocycles. The second-order valence-corrected chi connectivity index (χ2v) is 2.64. The van der Waals surface area contributed by atoms with Crippen LogP contribution in [0.3, 0.4) is 0 Å². The highest BCUT2D eigenvalue weighted by Crippen LogP contribution is 1.81. The zero-order valence-corrected chi connectivity index (χ0v) is 10.1. The SMILES string of the molecule is C=C(C)C(=O)O.C=CC(=O)O.O=C(O)/C=C\C(=O)O. The number of hydrogen-bond acceptors (Lipinski definition) is 4. The van der Waals surface area contributed by atoms with Crippen LogP contribution in [0.2, 0.25) is 0 Å². The number of aliphatic carboxylic acids is 4. The van der Waals surface area contributed by atoms with Crippen LogP contribution < -0.4 is 0 Å². The minimum absolute atomic E-state index is 0.176. The van der Waals surface area contributed by atoms with Crippen molar-refractivity contribution in [2.45, 2.75) is 6.92 Å². The van der Waals surface area contributed by atoms with Crippen LogP contribution >= 0.6 is 0 Å². The number of carbonyl (C=O) groups is 4. The van der Waals surface area contributed by atoms with Crippen molar-refractivity contribution in [1.82, 2.24) is 0 Å². The number of rotatable bonds is 4. The van der Waals surface area contributed by atoms with Gasteiger partial charge in [-0.3, -0.25) is 0 Å². The fraction of sp³-hybridized carbons (Fsp3) is 0.0909. The first kappa shape index (κ1) is 21.4. The van der Waals surface area contributed by atoms with Gasteiger partial charge in [-0.05, 0) is 6.92 Å². The van der Waals surface area contributed by atoms with E-state index in [1.807, 2.05) is 0 Å². The van der Waals surface area contributed by atoms with Crippen LogP contribution in [-0.2, 0) is 19.2 Å². The van der Waals surface area contributed by atoms with Gasteiger partial charge in [-0.25, -0.2) is 19.2 Å². The molecule has 0 saturated carbocycles. The molecule has 0 heterocycles. The molecule has 0 atom stereocenters. The third-order valence-electron chi connectivity index (χ3n) is 0.908. The molecular formula is C11H14O8. The van der Waals surface area contributed by atoms with Crippen LogP contribution in [0.15, 0.2) is 37.0 Å². The number of carboxylic acids is 4. The summed E-state index contributed by atoms with van der Waals surface area (Å²) in [5.41, 5.74) is 0.176. The van der Waals surface area contributed by atoms with Crippen molar-refractivity contribution in [1.29, 1.82) is 0 Å². The quantitative estimate of drug-likeness (QED) is 0.545. The smallest absolute Gasteiger partial charge is 0.330 e. The summed E-state index contributed by atoms with van der Waals surface area (Å²) >= 11 is 0. The Bertz CT molecular complexity index is 363. The minimum Gasteiger partial charge on any atom is -0.478 e. The molecule has 0 aliphatic carbocycles.